The van der Waals surface area contributed by atoms with Crippen molar-refractivity contribution < 1.29 is 15.0 Å². The van der Waals surface area contributed by atoms with Crippen LogP contribution in [0.4, 0.5) is 0 Å². The SMILES string of the molecule is CC(CCCO)NCc1ccc(C(C)C(=O)O)cc1. The van der Waals surface area contributed by atoms with Crippen LogP contribution in [0.1, 0.15) is 43.7 Å². The first-order chi connectivity index (χ1) is 9.04. The Morgan fingerprint density at radius 2 is 1.89 bits per heavy atom. The van der Waals surface area contributed by atoms with Gasteiger partial charge < -0.3 is 15.5 Å². The van der Waals surface area contributed by atoms with Crippen molar-refractivity contribution in [2.45, 2.75) is 45.2 Å². The molecule has 4 nitrogen and oxygen atoms in total. The van der Waals surface area contributed by atoms with Gasteiger partial charge in [0.05, 0.1) is 5.92 Å². The normalized spacial score (nSPS) is 14.1. The number of rotatable bonds is 8. The number of aliphatic hydroxyl groups excluding tert-OH is 1. The third-order valence-electron chi connectivity index (χ3n) is 3.30. The van der Waals surface area contributed by atoms with E-state index in [9.17, 15) is 4.79 Å². The summed E-state index contributed by atoms with van der Waals surface area (Å²) in [5.74, 6) is -1.27. The van der Waals surface area contributed by atoms with Crippen LogP contribution in [0, 0.1) is 0 Å². The summed E-state index contributed by atoms with van der Waals surface area (Å²) in [5.41, 5.74) is 1.96. The summed E-state index contributed by atoms with van der Waals surface area (Å²) in [6, 6.07) is 8.02. The Labute approximate surface area is 114 Å². The van der Waals surface area contributed by atoms with E-state index in [1.54, 1.807) is 6.92 Å². The first-order valence-corrected chi connectivity index (χ1v) is 6.70. The second-order valence-electron chi connectivity index (χ2n) is 4.95. The van der Waals surface area contributed by atoms with E-state index < -0.39 is 11.9 Å². The molecule has 106 valence electrons. The van der Waals surface area contributed by atoms with Crippen molar-refractivity contribution in [2.75, 3.05) is 6.61 Å². The van der Waals surface area contributed by atoms with Gasteiger partial charge in [0.1, 0.15) is 0 Å². The van der Waals surface area contributed by atoms with Crippen molar-refractivity contribution in [3.05, 3.63) is 35.4 Å². The highest BCUT2D eigenvalue weighted by atomic mass is 16.4. The van der Waals surface area contributed by atoms with Crippen LogP contribution in [0.25, 0.3) is 0 Å². The summed E-state index contributed by atoms with van der Waals surface area (Å²) in [6.45, 7) is 4.77. The minimum Gasteiger partial charge on any atom is -0.481 e. The fraction of sp³-hybridized carbons (Fsp3) is 0.533. The summed E-state index contributed by atoms with van der Waals surface area (Å²) in [5, 5.41) is 21.1. The third kappa shape index (κ3) is 5.41. The maximum absolute atomic E-state index is 10.9. The summed E-state index contributed by atoms with van der Waals surface area (Å²) in [7, 11) is 0. The molecule has 0 saturated carbocycles. The first-order valence-electron chi connectivity index (χ1n) is 6.70. The lowest BCUT2D eigenvalue weighted by Gasteiger charge is -2.13. The van der Waals surface area contributed by atoms with Crippen LogP contribution in [0.5, 0.6) is 0 Å². The molecular weight excluding hydrogens is 242 g/mol. The van der Waals surface area contributed by atoms with Crippen molar-refractivity contribution in [1.29, 1.82) is 0 Å². The minimum atomic E-state index is -0.802. The van der Waals surface area contributed by atoms with E-state index in [1.165, 1.54) is 0 Å². The molecule has 0 fully saturated rings. The van der Waals surface area contributed by atoms with Gasteiger partial charge in [-0.15, -0.1) is 0 Å². The van der Waals surface area contributed by atoms with E-state index in [4.69, 9.17) is 10.2 Å². The van der Waals surface area contributed by atoms with E-state index in [0.717, 1.165) is 30.5 Å². The lowest BCUT2D eigenvalue weighted by molar-refractivity contribution is -0.138. The summed E-state index contributed by atoms with van der Waals surface area (Å²) >= 11 is 0. The molecule has 0 aliphatic heterocycles. The smallest absolute Gasteiger partial charge is 0.310 e. The maximum Gasteiger partial charge on any atom is 0.310 e. The average molecular weight is 265 g/mol. The first kappa shape index (κ1) is 15.7. The molecule has 0 aliphatic carbocycles. The number of nitrogens with one attached hydrogen (secondary N) is 1. The quantitative estimate of drug-likeness (QED) is 0.673. The Morgan fingerprint density at radius 1 is 1.26 bits per heavy atom. The van der Waals surface area contributed by atoms with E-state index in [2.05, 4.69) is 12.2 Å². The third-order valence-corrected chi connectivity index (χ3v) is 3.30. The molecule has 1 rings (SSSR count). The zero-order valence-corrected chi connectivity index (χ0v) is 11.6. The van der Waals surface area contributed by atoms with Gasteiger partial charge in [-0.1, -0.05) is 24.3 Å². The van der Waals surface area contributed by atoms with Gasteiger partial charge in [-0.25, -0.2) is 0 Å². The molecule has 1 aromatic rings. The molecule has 3 N–H and O–H groups in total. The predicted octanol–water partition coefficient (Wildman–Crippen LogP) is 2.13. The zero-order chi connectivity index (χ0) is 14.3. The van der Waals surface area contributed by atoms with Crippen molar-refractivity contribution in [3.8, 4) is 0 Å². The van der Waals surface area contributed by atoms with Gasteiger partial charge >= 0.3 is 5.97 Å². The van der Waals surface area contributed by atoms with Crippen LogP contribution in [0.15, 0.2) is 24.3 Å². The number of carbonyl (C=O) groups is 1. The predicted molar refractivity (Wildman–Crippen MR) is 75.1 cm³/mol. The number of hydrogen-bond donors (Lipinski definition) is 3. The van der Waals surface area contributed by atoms with Gasteiger partial charge in [0.2, 0.25) is 0 Å². The van der Waals surface area contributed by atoms with Crippen LogP contribution in [0.2, 0.25) is 0 Å². The lowest BCUT2D eigenvalue weighted by atomic mass is 10.00. The summed E-state index contributed by atoms with van der Waals surface area (Å²) in [6.07, 6.45) is 1.76. The topological polar surface area (TPSA) is 69.6 Å². The fourth-order valence-corrected chi connectivity index (χ4v) is 1.86. The number of carboxylic acid groups (broad SMARTS) is 1. The van der Waals surface area contributed by atoms with Crippen LogP contribution >= 0.6 is 0 Å². The zero-order valence-electron chi connectivity index (χ0n) is 11.6. The van der Waals surface area contributed by atoms with Crippen LogP contribution in [-0.2, 0) is 11.3 Å². The Hall–Kier alpha value is -1.39. The van der Waals surface area contributed by atoms with E-state index in [1.807, 2.05) is 24.3 Å². The average Bonchev–Trinajstić information content (AvgIpc) is 2.42. The van der Waals surface area contributed by atoms with Gasteiger partial charge in [-0.05, 0) is 37.8 Å². The molecular formula is C15H23NO3. The van der Waals surface area contributed by atoms with Crippen molar-refractivity contribution >= 4 is 5.97 Å². The van der Waals surface area contributed by atoms with Crippen molar-refractivity contribution in [2.24, 2.45) is 0 Å². The molecule has 19 heavy (non-hydrogen) atoms. The van der Waals surface area contributed by atoms with Gasteiger partial charge in [0, 0.05) is 19.2 Å². The maximum atomic E-state index is 10.9. The molecule has 0 radical (unpaired) electrons. The van der Waals surface area contributed by atoms with Crippen LogP contribution in [-0.4, -0.2) is 28.8 Å². The van der Waals surface area contributed by atoms with Gasteiger partial charge in [-0.3, -0.25) is 4.79 Å². The molecule has 0 heterocycles. The molecule has 0 saturated heterocycles. The molecule has 1 aromatic carbocycles. The van der Waals surface area contributed by atoms with Gasteiger partial charge in [0.15, 0.2) is 0 Å². The number of aliphatic hydroxyl groups is 1. The fourth-order valence-electron chi connectivity index (χ4n) is 1.86. The minimum absolute atomic E-state index is 0.230. The molecule has 0 aromatic heterocycles. The Bertz CT molecular complexity index is 389. The highest BCUT2D eigenvalue weighted by molar-refractivity contribution is 5.75. The van der Waals surface area contributed by atoms with Crippen LogP contribution in [0.3, 0.4) is 0 Å². The molecule has 2 atom stereocenters. The Kier molecular flexibility index (Phi) is 6.53. The molecule has 0 aliphatic rings. The van der Waals surface area contributed by atoms with Crippen molar-refractivity contribution in [1.82, 2.24) is 5.32 Å². The molecule has 0 bridgehead atoms. The Balaban J connectivity index is 2.46. The molecule has 2 unspecified atom stereocenters. The highest BCUT2D eigenvalue weighted by Crippen LogP contribution is 2.16. The number of benzene rings is 1. The standard InChI is InChI=1S/C15H23NO3/c1-11(4-3-9-17)16-10-13-5-7-14(8-6-13)12(2)15(18)19/h5-8,11-12,16-17H,3-4,9-10H2,1-2H3,(H,18,19). The molecule has 4 heteroatoms. The van der Waals surface area contributed by atoms with Crippen molar-refractivity contribution in [3.63, 3.8) is 0 Å². The Morgan fingerprint density at radius 3 is 2.42 bits per heavy atom. The van der Waals surface area contributed by atoms with E-state index in [0.29, 0.717) is 6.04 Å². The molecule has 0 spiro atoms. The summed E-state index contributed by atoms with van der Waals surface area (Å²) in [4.78, 5) is 10.9. The van der Waals surface area contributed by atoms with Gasteiger partial charge in [-0.2, -0.15) is 0 Å². The van der Waals surface area contributed by atoms with E-state index in [-0.39, 0.29) is 6.61 Å². The second-order valence-corrected chi connectivity index (χ2v) is 4.95. The molecule has 0 amide bonds. The number of hydrogen-bond acceptors (Lipinski definition) is 3. The monoisotopic (exact) mass is 265 g/mol. The van der Waals surface area contributed by atoms with Crippen LogP contribution < -0.4 is 5.32 Å². The second kappa shape index (κ2) is 7.92. The van der Waals surface area contributed by atoms with Gasteiger partial charge in [0.25, 0.3) is 0 Å². The van der Waals surface area contributed by atoms with E-state index >= 15 is 0 Å². The lowest BCUT2D eigenvalue weighted by Crippen LogP contribution is -2.25. The summed E-state index contributed by atoms with van der Waals surface area (Å²) < 4.78 is 0. The number of carboxylic acids is 1. The largest absolute Gasteiger partial charge is 0.481 e. The highest BCUT2D eigenvalue weighted by Gasteiger charge is 2.12. The number of aliphatic carboxylic acids is 1.